The van der Waals surface area contributed by atoms with E-state index in [2.05, 4.69) is 0 Å². The fourth-order valence-corrected chi connectivity index (χ4v) is 2.09. The number of amides is 1. The molecule has 4 nitrogen and oxygen atoms in total. The van der Waals surface area contributed by atoms with Gasteiger partial charge in [0.1, 0.15) is 11.3 Å². The van der Waals surface area contributed by atoms with E-state index < -0.39 is 17.4 Å². The van der Waals surface area contributed by atoms with Crippen LogP contribution in [0.15, 0.2) is 0 Å². The molecular formula is C13H25NO3. The fourth-order valence-electron chi connectivity index (χ4n) is 2.09. The zero-order valence-corrected chi connectivity index (χ0v) is 11.8. The maximum Gasteiger partial charge on any atom is 0.412 e. The van der Waals surface area contributed by atoms with Crippen LogP contribution in [-0.4, -0.2) is 34.0 Å². The molecule has 0 saturated carbocycles. The lowest BCUT2D eigenvalue weighted by Gasteiger charge is -2.51. The van der Waals surface area contributed by atoms with Crippen LogP contribution in [0.5, 0.6) is 0 Å². The lowest BCUT2D eigenvalue weighted by Crippen LogP contribution is -2.62. The number of ether oxygens (including phenoxy) is 1. The molecule has 0 aromatic heterocycles. The number of aliphatic hydroxyl groups is 1. The smallest absolute Gasteiger partial charge is 0.412 e. The number of piperidine rings is 1. The van der Waals surface area contributed by atoms with Gasteiger partial charge in [0.2, 0.25) is 0 Å². The topological polar surface area (TPSA) is 49.8 Å². The molecule has 0 aliphatic carbocycles. The summed E-state index contributed by atoms with van der Waals surface area (Å²) in [7, 11) is 0. The van der Waals surface area contributed by atoms with Gasteiger partial charge in [-0.05, 0) is 40.5 Å². The molecule has 4 heteroatoms. The highest BCUT2D eigenvalue weighted by Crippen LogP contribution is 2.42. The van der Waals surface area contributed by atoms with E-state index in [0.29, 0.717) is 6.54 Å². The lowest BCUT2D eigenvalue weighted by atomic mass is 9.74. The average molecular weight is 243 g/mol. The third-order valence-electron chi connectivity index (χ3n) is 3.61. The monoisotopic (exact) mass is 243 g/mol. The van der Waals surface area contributed by atoms with Crippen LogP contribution in [0.2, 0.25) is 0 Å². The van der Waals surface area contributed by atoms with Crippen molar-refractivity contribution in [3.63, 3.8) is 0 Å². The van der Waals surface area contributed by atoms with Gasteiger partial charge in [0.05, 0.1) is 0 Å². The minimum atomic E-state index is -1.16. The quantitative estimate of drug-likeness (QED) is 0.711. The summed E-state index contributed by atoms with van der Waals surface area (Å²) in [5, 5.41) is 10.6. The summed E-state index contributed by atoms with van der Waals surface area (Å²) in [6.07, 6.45) is 1.36. The van der Waals surface area contributed by atoms with Gasteiger partial charge in [-0.15, -0.1) is 0 Å². The predicted molar refractivity (Wildman–Crippen MR) is 66.6 cm³/mol. The van der Waals surface area contributed by atoms with Gasteiger partial charge in [-0.2, -0.15) is 0 Å². The highest BCUT2D eigenvalue weighted by Gasteiger charge is 2.49. The number of carbonyl (C=O) groups excluding carboxylic acids is 1. The van der Waals surface area contributed by atoms with Gasteiger partial charge in [0, 0.05) is 12.0 Å². The van der Waals surface area contributed by atoms with Crippen molar-refractivity contribution in [3.05, 3.63) is 0 Å². The molecule has 1 heterocycles. The van der Waals surface area contributed by atoms with Crippen molar-refractivity contribution >= 4 is 6.09 Å². The standard InChI is InChI=1S/C13H25NO3/c1-11(2,3)17-10(15)14-9-7-8-12(4,5)13(14,6)16/h16H,7-9H2,1-6H3. The summed E-state index contributed by atoms with van der Waals surface area (Å²) >= 11 is 0. The lowest BCUT2D eigenvalue weighted by molar-refractivity contribution is -0.183. The van der Waals surface area contributed by atoms with E-state index >= 15 is 0 Å². The van der Waals surface area contributed by atoms with Crippen LogP contribution in [0.1, 0.15) is 54.4 Å². The van der Waals surface area contributed by atoms with E-state index in [1.165, 1.54) is 4.90 Å². The van der Waals surface area contributed by atoms with Gasteiger partial charge >= 0.3 is 6.09 Å². The fraction of sp³-hybridized carbons (Fsp3) is 0.923. The second-order valence-corrected chi connectivity index (χ2v) is 6.64. The molecule has 1 amide bonds. The van der Waals surface area contributed by atoms with Crippen LogP contribution in [0.4, 0.5) is 4.79 Å². The van der Waals surface area contributed by atoms with Crippen LogP contribution < -0.4 is 0 Å². The molecule has 1 aliphatic heterocycles. The number of nitrogens with zero attached hydrogens (tertiary/aromatic N) is 1. The molecule has 1 fully saturated rings. The number of hydrogen-bond acceptors (Lipinski definition) is 3. The highest BCUT2D eigenvalue weighted by atomic mass is 16.6. The zero-order chi connectivity index (χ0) is 13.5. The minimum Gasteiger partial charge on any atom is -0.444 e. The summed E-state index contributed by atoms with van der Waals surface area (Å²) in [6.45, 7) is 11.7. The first-order chi connectivity index (χ1) is 7.47. The Morgan fingerprint density at radius 3 is 2.29 bits per heavy atom. The molecule has 0 radical (unpaired) electrons. The molecule has 0 aromatic carbocycles. The molecular weight excluding hydrogens is 218 g/mol. The SMILES string of the molecule is CC(C)(C)OC(=O)N1CCCC(C)(C)C1(C)O. The maximum absolute atomic E-state index is 12.1. The number of likely N-dealkylation sites (tertiary alicyclic amines) is 1. The summed E-state index contributed by atoms with van der Waals surface area (Å²) in [4.78, 5) is 13.5. The van der Waals surface area contributed by atoms with Gasteiger partial charge in [-0.1, -0.05) is 13.8 Å². The second kappa shape index (κ2) is 4.16. The third kappa shape index (κ3) is 2.92. The maximum atomic E-state index is 12.1. The Hall–Kier alpha value is -0.770. The van der Waals surface area contributed by atoms with Crippen molar-refractivity contribution in [1.82, 2.24) is 4.90 Å². The van der Waals surface area contributed by atoms with Gasteiger partial charge in [-0.25, -0.2) is 4.79 Å². The summed E-state index contributed by atoms with van der Waals surface area (Å²) < 4.78 is 5.33. The third-order valence-corrected chi connectivity index (χ3v) is 3.61. The Morgan fingerprint density at radius 1 is 1.29 bits per heavy atom. The van der Waals surface area contributed by atoms with Crippen molar-refractivity contribution in [2.75, 3.05) is 6.54 Å². The largest absolute Gasteiger partial charge is 0.444 e. The van der Waals surface area contributed by atoms with E-state index in [9.17, 15) is 9.90 Å². The van der Waals surface area contributed by atoms with Gasteiger partial charge in [0.15, 0.2) is 0 Å². The number of rotatable bonds is 0. The predicted octanol–water partition coefficient (Wildman–Crippen LogP) is 2.75. The normalized spacial score (nSPS) is 29.0. The van der Waals surface area contributed by atoms with Crippen molar-refractivity contribution < 1.29 is 14.6 Å². The first kappa shape index (κ1) is 14.3. The second-order valence-electron chi connectivity index (χ2n) is 6.64. The molecule has 0 spiro atoms. The molecule has 1 aliphatic rings. The van der Waals surface area contributed by atoms with E-state index in [1.807, 2.05) is 34.6 Å². The Labute approximate surface area is 104 Å². The molecule has 0 bridgehead atoms. The van der Waals surface area contributed by atoms with E-state index in [4.69, 9.17) is 4.74 Å². The molecule has 1 rings (SSSR count). The average Bonchev–Trinajstić information content (AvgIpc) is 2.06. The molecule has 17 heavy (non-hydrogen) atoms. The van der Waals surface area contributed by atoms with Crippen LogP contribution >= 0.6 is 0 Å². The summed E-state index contributed by atoms with van der Waals surface area (Å²) in [5.74, 6) is 0. The Bertz CT molecular complexity index is 302. The Morgan fingerprint density at radius 2 is 1.82 bits per heavy atom. The van der Waals surface area contributed by atoms with E-state index in [-0.39, 0.29) is 5.41 Å². The first-order valence-corrected chi connectivity index (χ1v) is 6.20. The molecule has 1 saturated heterocycles. The molecule has 100 valence electrons. The van der Waals surface area contributed by atoms with Crippen molar-refractivity contribution in [2.24, 2.45) is 5.41 Å². The van der Waals surface area contributed by atoms with Gasteiger partial charge in [0.25, 0.3) is 0 Å². The van der Waals surface area contributed by atoms with Crippen molar-refractivity contribution in [2.45, 2.75) is 65.7 Å². The van der Waals surface area contributed by atoms with Crippen LogP contribution in [0, 0.1) is 5.41 Å². The van der Waals surface area contributed by atoms with E-state index in [1.54, 1.807) is 6.92 Å². The first-order valence-electron chi connectivity index (χ1n) is 6.20. The summed E-state index contributed by atoms with van der Waals surface area (Å²) in [5.41, 5.74) is -2.01. The van der Waals surface area contributed by atoms with Crippen LogP contribution in [-0.2, 0) is 4.74 Å². The molecule has 0 aromatic rings. The Balaban J connectivity index is 2.87. The van der Waals surface area contributed by atoms with Crippen LogP contribution in [0.25, 0.3) is 0 Å². The number of carbonyl (C=O) groups is 1. The minimum absolute atomic E-state index is 0.317. The number of hydrogen-bond donors (Lipinski definition) is 1. The van der Waals surface area contributed by atoms with Gasteiger partial charge < -0.3 is 9.84 Å². The summed E-state index contributed by atoms with van der Waals surface area (Å²) in [6, 6.07) is 0. The zero-order valence-electron chi connectivity index (χ0n) is 11.8. The molecule has 1 atom stereocenters. The van der Waals surface area contributed by atoms with Crippen molar-refractivity contribution in [1.29, 1.82) is 0 Å². The Kier molecular flexibility index (Phi) is 3.50. The van der Waals surface area contributed by atoms with Crippen LogP contribution in [0.3, 0.4) is 0 Å². The molecule has 1 N–H and O–H groups in total. The van der Waals surface area contributed by atoms with E-state index in [0.717, 1.165) is 12.8 Å². The van der Waals surface area contributed by atoms with Gasteiger partial charge in [-0.3, -0.25) is 4.90 Å². The highest BCUT2D eigenvalue weighted by molar-refractivity contribution is 5.69. The van der Waals surface area contributed by atoms with Crippen molar-refractivity contribution in [3.8, 4) is 0 Å². The molecule has 1 unspecified atom stereocenters.